The summed E-state index contributed by atoms with van der Waals surface area (Å²) in [6, 6.07) is 15.7. The minimum atomic E-state index is -0.265. The summed E-state index contributed by atoms with van der Waals surface area (Å²) in [7, 11) is 0. The lowest BCUT2D eigenvalue weighted by Crippen LogP contribution is -2.20. The van der Waals surface area contributed by atoms with E-state index < -0.39 is 0 Å². The van der Waals surface area contributed by atoms with Crippen molar-refractivity contribution in [1.82, 2.24) is 10.2 Å². The molecule has 134 valence electrons. The van der Waals surface area contributed by atoms with Crippen LogP contribution in [0.5, 0.6) is 5.75 Å². The predicted octanol–water partition coefficient (Wildman–Crippen LogP) is 4.92. The van der Waals surface area contributed by atoms with Crippen LogP contribution in [0.15, 0.2) is 57.3 Å². The van der Waals surface area contributed by atoms with Crippen molar-refractivity contribution >= 4 is 50.1 Å². The molecular formula is C18H16BrN3O2S2. The fourth-order valence-electron chi connectivity index (χ4n) is 2.10. The first-order chi connectivity index (χ1) is 12.6. The first kappa shape index (κ1) is 18.9. The zero-order valence-electron chi connectivity index (χ0n) is 13.9. The van der Waals surface area contributed by atoms with Crippen molar-refractivity contribution in [3.05, 3.63) is 64.1 Å². The van der Waals surface area contributed by atoms with E-state index in [-0.39, 0.29) is 12.5 Å². The van der Waals surface area contributed by atoms with Crippen LogP contribution in [0.1, 0.15) is 11.1 Å². The van der Waals surface area contributed by atoms with E-state index in [9.17, 15) is 4.79 Å². The Labute approximate surface area is 168 Å². The number of ether oxygens (including phenoxy) is 1. The maximum absolute atomic E-state index is 12.0. The number of halogens is 1. The highest BCUT2D eigenvalue weighted by Crippen LogP contribution is 2.28. The Balaban J connectivity index is 1.46. The molecule has 0 radical (unpaired) electrons. The Bertz CT molecular complexity index is 884. The molecule has 0 bridgehead atoms. The molecule has 1 aromatic heterocycles. The fourth-order valence-corrected chi connectivity index (χ4v) is 4.08. The molecule has 26 heavy (non-hydrogen) atoms. The summed E-state index contributed by atoms with van der Waals surface area (Å²) >= 11 is 6.31. The smallest absolute Gasteiger partial charge is 0.264 e. The zero-order chi connectivity index (χ0) is 18.4. The highest BCUT2D eigenvalue weighted by atomic mass is 79.9. The second-order valence-electron chi connectivity index (χ2n) is 5.44. The molecule has 0 saturated carbocycles. The van der Waals surface area contributed by atoms with Gasteiger partial charge in [-0.25, -0.2) is 0 Å². The number of benzene rings is 2. The molecule has 5 nitrogen and oxygen atoms in total. The number of hydrogen-bond donors (Lipinski definition) is 1. The highest BCUT2D eigenvalue weighted by molar-refractivity contribution is 9.10. The molecule has 0 fully saturated rings. The Morgan fingerprint density at radius 2 is 2.04 bits per heavy atom. The molecule has 3 rings (SSSR count). The highest BCUT2D eigenvalue weighted by Gasteiger charge is 2.09. The van der Waals surface area contributed by atoms with Crippen LogP contribution in [0.3, 0.4) is 0 Å². The summed E-state index contributed by atoms with van der Waals surface area (Å²) in [5.41, 5.74) is 2.47. The van der Waals surface area contributed by atoms with E-state index in [0.717, 1.165) is 14.6 Å². The lowest BCUT2D eigenvalue weighted by Gasteiger charge is -2.05. The number of carbonyl (C=O) groups is 1. The van der Waals surface area contributed by atoms with E-state index in [0.29, 0.717) is 10.9 Å². The van der Waals surface area contributed by atoms with Gasteiger partial charge in [0.2, 0.25) is 5.13 Å². The third-order valence-electron chi connectivity index (χ3n) is 3.28. The van der Waals surface area contributed by atoms with E-state index in [1.807, 2.05) is 18.2 Å². The first-order valence-corrected chi connectivity index (χ1v) is 10.4. The lowest BCUT2D eigenvalue weighted by molar-refractivity contribution is -0.118. The quantitative estimate of drug-likeness (QED) is 0.409. The van der Waals surface area contributed by atoms with Crippen molar-refractivity contribution in [3.8, 4) is 5.75 Å². The molecular weight excluding hydrogens is 434 g/mol. The minimum Gasteiger partial charge on any atom is -0.484 e. The molecule has 0 saturated heterocycles. The number of carbonyl (C=O) groups excluding carboxylic acids is 1. The molecule has 3 aromatic rings. The van der Waals surface area contributed by atoms with Crippen LogP contribution in [0, 0.1) is 6.92 Å². The normalized spacial score (nSPS) is 10.5. The Kier molecular flexibility index (Phi) is 6.65. The van der Waals surface area contributed by atoms with Crippen molar-refractivity contribution in [2.24, 2.45) is 0 Å². The van der Waals surface area contributed by atoms with Crippen LogP contribution < -0.4 is 10.1 Å². The zero-order valence-corrected chi connectivity index (χ0v) is 17.2. The number of anilines is 1. The molecule has 0 spiro atoms. The number of rotatable bonds is 7. The van der Waals surface area contributed by atoms with Gasteiger partial charge in [0.25, 0.3) is 5.91 Å². The van der Waals surface area contributed by atoms with Gasteiger partial charge in [0.05, 0.1) is 0 Å². The van der Waals surface area contributed by atoms with Gasteiger partial charge in [-0.3, -0.25) is 10.1 Å². The van der Waals surface area contributed by atoms with E-state index >= 15 is 0 Å². The van der Waals surface area contributed by atoms with E-state index in [1.54, 1.807) is 23.9 Å². The summed E-state index contributed by atoms with van der Waals surface area (Å²) in [5, 5.41) is 11.3. The standard InChI is InChI=1S/C18H16BrN3O2S2/c1-12-3-2-4-13(9-12)11-25-18-22-21-17(26-18)20-16(23)10-24-15-7-5-14(19)6-8-15/h2-9H,10-11H2,1H3,(H,20,21,23). The second-order valence-corrected chi connectivity index (χ2v) is 8.56. The number of hydrogen-bond acceptors (Lipinski definition) is 6. The summed E-state index contributed by atoms with van der Waals surface area (Å²) in [6.45, 7) is 2.00. The molecule has 0 atom stereocenters. The SMILES string of the molecule is Cc1cccc(CSc2nnc(NC(=O)COc3ccc(Br)cc3)s2)c1. The fraction of sp³-hybridized carbons (Fsp3) is 0.167. The number of thioether (sulfide) groups is 1. The number of amides is 1. The maximum atomic E-state index is 12.0. The molecule has 2 aromatic carbocycles. The number of nitrogens with zero attached hydrogens (tertiary/aromatic N) is 2. The van der Waals surface area contributed by atoms with Crippen LogP contribution in [0.25, 0.3) is 0 Å². The van der Waals surface area contributed by atoms with Gasteiger partial charge in [0.1, 0.15) is 5.75 Å². The van der Waals surface area contributed by atoms with E-state index in [1.165, 1.54) is 22.5 Å². The maximum Gasteiger partial charge on any atom is 0.264 e. The average molecular weight is 450 g/mol. The molecule has 1 amide bonds. The molecule has 8 heteroatoms. The van der Waals surface area contributed by atoms with Crippen LogP contribution in [-0.4, -0.2) is 22.7 Å². The monoisotopic (exact) mass is 449 g/mol. The molecule has 0 aliphatic heterocycles. The van der Waals surface area contributed by atoms with Gasteiger partial charge in [-0.05, 0) is 36.8 Å². The van der Waals surface area contributed by atoms with Crippen LogP contribution in [0.2, 0.25) is 0 Å². The van der Waals surface area contributed by atoms with Gasteiger partial charge in [-0.2, -0.15) is 0 Å². The summed E-state index contributed by atoms with van der Waals surface area (Å²) in [6.07, 6.45) is 0. The summed E-state index contributed by atoms with van der Waals surface area (Å²) in [4.78, 5) is 12.0. The third kappa shape index (κ3) is 5.82. The molecule has 0 unspecified atom stereocenters. The lowest BCUT2D eigenvalue weighted by atomic mass is 10.2. The van der Waals surface area contributed by atoms with Crippen molar-refractivity contribution in [2.75, 3.05) is 11.9 Å². The van der Waals surface area contributed by atoms with Gasteiger partial charge in [0.15, 0.2) is 10.9 Å². The Morgan fingerprint density at radius 1 is 1.23 bits per heavy atom. The van der Waals surface area contributed by atoms with Crippen LogP contribution in [-0.2, 0) is 10.5 Å². The second kappa shape index (κ2) is 9.16. The van der Waals surface area contributed by atoms with Crippen molar-refractivity contribution in [1.29, 1.82) is 0 Å². The van der Waals surface area contributed by atoms with Crippen LogP contribution in [0.4, 0.5) is 5.13 Å². The van der Waals surface area contributed by atoms with Crippen molar-refractivity contribution < 1.29 is 9.53 Å². The topological polar surface area (TPSA) is 64.1 Å². The van der Waals surface area contributed by atoms with E-state index in [4.69, 9.17) is 4.74 Å². The van der Waals surface area contributed by atoms with Gasteiger partial charge < -0.3 is 4.74 Å². The molecule has 1 N–H and O–H groups in total. The molecule has 1 heterocycles. The summed E-state index contributed by atoms with van der Waals surface area (Å²) < 4.78 is 7.21. The number of aryl methyl sites for hydroxylation is 1. The van der Waals surface area contributed by atoms with Gasteiger partial charge in [-0.1, -0.05) is 68.9 Å². The Hall–Kier alpha value is -1.90. The molecule has 0 aliphatic carbocycles. The minimum absolute atomic E-state index is 0.0764. The third-order valence-corrected chi connectivity index (χ3v) is 5.85. The van der Waals surface area contributed by atoms with Crippen LogP contribution >= 0.6 is 39.0 Å². The van der Waals surface area contributed by atoms with Gasteiger partial charge >= 0.3 is 0 Å². The largest absolute Gasteiger partial charge is 0.484 e. The number of nitrogens with one attached hydrogen (secondary N) is 1. The van der Waals surface area contributed by atoms with Gasteiger partial charge in [0, 0.05) is 10.2 Å². The first-order valence-electron chi connectivity index (χ1n) is 7.78. The van der Waals surface area contributed by atoms with E-state index in [2.05, 4.69) is 56.6 Å². The van der Waals surface area contributed by atoms with Crippen molar-refractivity contribution in [2.45, 2.75) is 17.0 Å². The van der Waals surface area contributed by atoms with Gasteiger partial charge in [-0.15, -0.1) is 10.2 Å². The average Bonchev–Trinajstić information content (AvgIpc) is 3.07. The number of aromatic nitrogens is 2. The Morgan fingerprint density at radius 3 is 2.81 bits per heavy atom. The predicted molar refractivity (Wildman–Crippen MR) is 109 cm³/mol. The summed E-state index contributed by atoms with van der Waals surface area (Å²) in [5.74, 6) is 1.19. The van der Waals surface area contributed by atoms with Crippen molar-refractivity contribution in [3.63, 3.8) is 0 Å². The molecule has 0 aliphatic rings.